The molecular weight excluding hydrogens is 376 g/mol. The Bertz CT molecular complexity index is 978. The smallest absolute Gasteiger partial charge is 0.305 e. The Labute approximate surface area is 177 Å². The average molecular weight is 405 g/mol. The van der Waals surface area contributed by atoms with Gasteiger partial charge in [0, 0.05) is 23.7 Å². The Morgan fingerprint density at radius 1 is 1.17 bits per heavy atom. The molecule has 1 aliphatic carbocycles. The molecule has 0 aromatic heterocycles. The predicted octanol–water partition coefficient (Wildman–Crippen LogP) is 4.84. The van der Waals surface area contributed by atoms with Crippen molar-refractivity contribution in [2.45, 2.75) is 44.6 Å². The molecule has 0 saturated heterocycles. The molecule has 0 fully saturated rings. The van der Waals surface area contributed by atoms with Crippen molar-refractivity contribution in [1.82, 2.24) is 5.32 Å². The van der Waals surface area contributed by atoms with Crippen molar-refractivity contribution in [2.75, 3.05) is 11.9 Å². The van der Waals surface area contributed by atoms with E-state index in [9.17, 15) is 9.59 Å². The van der Waals surface area contributed by atoms with E-state index >= 15 is 0 Å². The number of nitrogens with one attached hydrogen (secondary N) is 2. The summed E-state index contributed by atoms with van der Waals surface area (Å²) in [5.41, 5.74) is 5.39. The summed E-state index contributed by atoms with van der Waals surface area (Å²) in [6, 6.07) is 14.9. The van der Waals surface area contributed by atoms with E-state index in [1.807, 2.05) is 12.1 Å². The molecule has 3 N–H and O–H groups in total. The van der Waals surface area contributed by atoms with Gasteiger partial charge < -0.3 is 15.7 Å². The zero-order chi connectivity index (χ0) is 21.3. The molecule has 30 heavy (non-hydrogen) atoms. The van der Waals surface area contributed by atoms with Crippen molar-refractivity contribution in [2.24, 2.45) is 5.92 Å². The highest BCUT2D eigenvalue weighted by molar-refractivity contribution is 5.95. The van der Waals surface area contributed by atoms with E-state index in [2.05, 4.69) is 60.9 Å². The number of amides is 1. The van der Waals surface area contributed by atoms with Gasteiger partial charge in [-0.25, -0.2) is 0 Å². The van der Waals surface area contributed by atoms with Crippen LogP contribution in [-0.4, -0.2) is 23.5 Å². The molecule has 0 bridgehead atoms. The third-order valence-corrected chi connectivity index (χ3v) is 6.21. The second kappa shape index (κ2) is 8.34. The summed E-state index contributed by atoms with van der Waals surface area (Å²) in [6.45, 7) is 4.54. The number of carboxylic acids is 1. The Kier molecular flexibility index (Phi) is 5.62. The van der Waals surface area contributed by atoms with Crippen molar-refractivity contribution < 1.29 is 14.7 Å². The van der Waals surface area contributed by atoms with Crippen LogP contribution < -0.4 is 10.6 Å². The Hall–Kier alpha value is -3.08. The van der Waals surface area contributed by atoms with Gasteiger partial charge in [-0.1, -0.05) is 50.3 Å². The number of benzene rings is 2. The molecule has 0 saturated carbocycles. The number of anilines is 1. The van der Waals surface area contributed by atoms with Gasteiger partial charge in [0.15, 0.2) is 0 Å². The number of carbonyl (C=O) groups excluding carboxylic acids is 1. The van der Waals surface area contributed by atoms with Gasteiger partial charge in [0.05, 0.1) is 12.5 Å². The minimum atomic E-state index is -0.920. The average Bonchev–Trinajstić information content (AvgIpc) is 3.23. The summed E-state index contributed by atoms with van der Waals surface area (Å²) in [4.78, 5) is 23.1. The van der Waals surface area contributed by atoms with E-state index < -0.39 is 5.97 Å². The third kappa shape index (κ3) is 3.97. The zero-order valence-electron chi connectivity index (χ0n) is 17.4. The predicted molar refractivity (Wildman–Crippen MR) is 118 cm³/mol. The summed E-state index contributed by atoms with van der Waals surface area (Å²) in [5.74, 6) is 0.0379. The second-order valence-corrected chi connectivity index (χ2v) is 8.50. The number of carbonyl (C=O) groups is 2. The highest BCUT2D eigenvalue weighted by Crippen LogP contribution is 2.50. The highest BCUT2D eigenvalue weighted by Gasteiger charge is 2.38. The van der Waals surface area contributed by atoms with E-state index in [4.69, 9.17) is 5.11 Å². The first kappa shape index (κ1) is 20.2. The van der Waals surface area contributed by atoms with Crippen LogP contribution in [0.3, 0.4) is 0 Å². The number of hydrogen-bond donors (Lipinski definition) is 3. The van der Waals surface area contributed by atoms with Gasteiger partial charge in [-0.15, -0.1) is 0 Å². The largest absolute Gasteiger partial charge is 0.481 e. The van der Waals surface area contributed by atoms with Crippen LogP contribution in [0, 0.1) is 5.92 Å². The molecular formula is C25H28N2O3. The minimum Gasteiger partial charge on any atom is -0.481 e. The molecule has 2 aromatic carbocycles. The van der Waals surface area contributed by atoms with Gasteiger partial charge in [-0.05, 0) is 53.1 Å². The van der Waals surface area contributed by atoms with Gasteiger partial charge in [-0.3, -0.25) is 9.59 Å². The van der Waals surface area contributed by atoms with Crippen LogP contribution >= 0.6 is 0 Å². The van der Waals surface area contributed by atoms with Crippen molar-refractivity contribution in [3.8, 4) is 0 Å². The van der Waals surface area contributed by atoms with Gasteiger partial charge in [-0.2, -0.15) is 0 Å². The van der Waals surface area contributed by atoms with Crippen LogP contribution in [0.4, 0.5) is 5.69 Å². The lowest BCUT2D eigenvalue weighted by atomic mass is 9.76. The molecule has 0 radical (unpaired) electrons. The van der Waals surface area contributed by atoms with E-state index in [-0.39, 0.29) is 30.8 Å². The first-order valence-corrected chi connectivity index (χ1v) is 10.6. The van der Waals surface area contributed by atoms with Crippen LogP contribution in [0.15, 0.2) is 54.6 Å². The van der Waals surface area contributed by atoms with Crippen LogP contribution in [0.2, 0.25) is 0 Å². The van der Waals surface area contributed by atoms with Gasteiger partial charge in [0.1, 0.15) is 0 Å². The fourth-order valence-electron chi connectivity index (χ4n) is 4.54. The molecule has 1 amide bonds. The van der Waals surface area contributed by atoms with E-state index in [0.717, 1.165) is 17.7 Å². The summed E-state index contributed by atoms with van der Waals surface area (Å²) in [7, 11) is 0. The maximum Gasteiger partial charge on any atom is 0.305 e. The molecule has 4 rings (SSSR count). The topological polar surface area (TPSA) is 78.4 Å². The summed E-state index contributed by atoms with van der Waals surface area (Å²) in [5, 5.41) is 15.1. The van der Waals surface area contributed by atoms with E-state index in [0.29, 0.717) is 17.4 Å². The Morgan fingerprint density at radius 2 is 1.93 bits per heavy atom. The summed E-state index contributed by atoms with van der Waals surface area (Å²) in [6.07, 6.45) is 5.42. The zero-order valence-corrected chi connectivity index (χ0v) is 17.4. The molecule has 5 heteroatoms. The summed E-state index contributed by atoms with van der Waals surface area (Å²) < 4.78 is 0. The number of hydrogen-bond acceptors (Lipinski definition) is 3. The van der Waals surface area contributed by atoms with Gasteiger partial charge >= 0.3 is 5.97 Å². The fourth-order valence-corrected chi connectivity index (χ4v) is 4.54. The van der Waals surface area contributed by atoms with E-state index in [1.165, 1.54) is 11.1 Å². The maximum absolute atomic E-state index is 12.4. The highest BCUT2D eigenvalue weighted by atomic mass is 16.4. The minimum absolute atomic E-state index is 0.0804. The normalized spacial score (nSPS) is 21.6. The molecule has 2 aromatic rings. The lowest BCUT2D eigenvalue weighted by Gasteiger charge is -2.37. The van der Waals surface area contributed by atoms with Crippen LogP contribution in [0.5, 0.6) is 0 Å². The second-order valence-electron chi connectivity index (χ2n) is 8.50. The monoisotopic (exact) mass is 404 g/mol. The van der Waals surface area contributed by atoms with Crippen molar-refractivity contribution in [1.29, 1.82) is 0 Å². The first-order chi connectivity index (χ1) is 14.4. The maximum atomic E-state index is 12.4. The molecule has 2 aliphatic rings. The van der Waals surface area contributed by atoms with Crippen LogP contribution in [0.25, 0.3) is 0 Å². The standard InChI is InChI=1S/C25H28N2O3/c1-15(2)16-6-8-17(9-7-16)24-20-5-3-4-19(20)21-14-18(10-11-22(21)27-24)25(30)26-13-12-23(28)29/h3-4,6-11,14-15,19-20,24,27H,5,12-13H2,1-2H3,(H,26,30)(H,28,29)/t19-,20+,24+/m1/s1. The third-order valence-electron chi connectivity index (χ3n) is 6.21. The Morgan fingerprint density at radius 3 is 2.63 bits per heavy atom. The van der Waals surface area contributed by atoms with Crippen molar-refractivity contribution in [3.05, 3.63) is 76.9 Å². The number of fused-ring (bicyclic) bond motifs is 3. The van der Waals surface area contributed by atoms with Crippen molar-refractivity contribution >= 4 is 17.6 Å². The first-order valence-electron chi connectivity index (χ1n) is 10.6. The molecule has 1 heterocycles. The number of allylic oxidation sites excluding steroid dienone is 2. The molecule has 1 aliphatic heterocycles. The van der Waals surface area contributed by atoms with Crippen LogP contribution in [-0.2, 0) is 4.79 Å². The number of rotatable bonds is 6. The SMILES string of the molecule is CC(C)c1ccc([C@@H]2Nc3ccc(C(=O)NCCC(=O)O)cc3[C@@H]3C=CC[C@@H]32)cc1. The fraction of sp³-hybridized carbons (Fsp3) is 0.360. The summed E-state index contributed by atoms with van der Waals surface area (Å²) >= 11 is 0. The quantitative estimate of drug-likeness (QED) is 0.602. The number of carboxylic acid groups (broad SMARTS) is 1. The molecule has 156 valence electrons. The lowest BCUT2D eigenvalue weighted by molar-refractivity contribution is -0.136. The Balaban J connectivity index is 1.57. The van der Waals surface area contributed by atoms with E-state index in [1.54, 1.807) is 6.07 Å². The molecule has 3 atom stereocenters. The molecule has 0 spiro atoms. The van der Waals surface area contributed by atoms with Gasteiger partial charge in [0.2, 0.25) is 0 Å². The van der Waals surface area contributed by atoms with Crippen LogP contribution in [0.1, 0.15) is 71.6 Å². The lowest BCUT2D eigenvalue weighted by Crippen LogP contribution is -2.30. The molecule has 0 unspecified atom stereocenters. The van der Waals surface area contributed by atoms with Crippen molar-refractivity contribution in [3.63, 3.8) is 0 Å². The van der Waals surface area contributed by atoms with Gasteiger partial charge in [0.25, 0.3) is 5.91 Å². The number of aliphatic carboxylic acids is 1. The molecule has 5 nitrogen and oxygen atoms in total.